The molecule has 0 bridgehead atoms. The van der Waals surface area contributed by atoms with E-state index in [1.54, 1.807) is 36.6 Å². The van der Waals surface area contributed by atoms with Gasteiger partial charge in [0.05, 0.1) is 0 Å². The van der Waals surface area contributed by atoms with Gasteiger partial charge in [0.15, 0.2) is 0 Å². The van der Waals surface area contributed by atoms with Gasteiger partial charge in [-0.25, -0.2) is 0 Å². The normalized spacial score (nSPS) is 6.68. The molecule has 0 spiro atoms. The van der Waals surface area contributed by atoms with Gasteiger partial charge in [-0.3, -0.25) is 0 Å². The van der Waals surface area contributed by atoms with Crippen molar-refractivity contribution in [2.75, 3.05) is 6.26 Å². The second-order valence-electron chi connectivity index (χ2n) is 3.17. The Morgan fingerprint density at radius 1 is 1.32 bits per heavy atom. The molecule has 0 aliphatic heterocycles. The lowest BCUT2D eigenvalue weighted by molar-refractivity contribution is 0.475. The average molecular weight is 276 g/mol. The second-order valence-corrected chi connectivity index (χ2v) is 3.17. The summed E-state index contributed by atoms with van der Waals surface area (Å²) < 4.78 is 0. The van der Waals surface area contributed by atoms with Gasteiger partial charge in [0.25, 0.3) is 0 Å². The molecular weight excluding hydrogens is 252 g/mol. The Kier molecular flexibility index (Phi) is 21.8. The smallest absolute Gasteiger partial charge is 0.116 e. The fraction of sp³-hybridized carbons (Fsp3) is 0.176. The summed E-state index contributed by atoms with van der Waals surface area (Å²) in [4.78, 5) is 0. The number of allylic oxidation sites excluding steroid dienone is 3. The quantitative estimate of drug-likeness (QED) is 0.325. The summed E-state index contributed by atoms with van der Waals surface area (Å²) in [6.45, 7) is 13.6. The summed E-state index contributed by atoms with van der Waals surface area (Å²) in [6, 6.07) is 6.60. The van der Waals surface area contributed by atoms with Crippen LogP contribution in [-0.2, 0) is 0 Å². The Hall–Kier alpha value is -1.85. The van der Waals surface area contributed by atoms with Crippen LogP contribution in [0.15, 0.2) is 61.7 Å². The van der Waals surface area contributed by atoms with Crippen molar-refractivity contribution in [2.24, 2.45) is 0 Å². The molecule has 0 aliphatic rings. The van der Waals surface area contributed by atoms with Crippen molar-refractivity contribution in [1.82, 2.24) is 0 Å². The lowest BCUT2D eigenvalue weighted by Crippen LogP contribution is -1.69. The third kappa shape index (κ3) is 18.7. The minimum Gasteiger partial charge on any atom is -0.508 e. The third-order valence-electron chi connectivity index (χ3n) is 1.46. The summed E-state index contributed by atoms with van der Waals surface area (Å²) in [5.74, 6) is 2.62. The molecular formula is C17H24OS. The summed E-state index contributed by atoms with van der Waals surface area (Å²) in [5.41, 5.74) is 2.00. The Balaban J connectivity index is -0.000000224. The van der Waals surface area contributed by atoms with E-state index >= 15 is 0 Å². The van der Waals surface area contributed by atoms with Gasteiger partial charge in [-0.05, 0) is 38.3 Å². The van der Waals surface area contributed by atoms with Crippen molar-refractivity contribution in [2.45, 2.75) is 13.8 Å². The number of phenols is 1. The Morgan fingerprint density at radius 2 is 1.84 bits per heavy atom. The highest BCUT2D eigenvalue weighted by atomic mass is 32.1. The number of benzene rings is 1. The Morgan fingerprint density at radius 3 is 2.05 bits per heavy atom. The zero-order chi connectivity index (χ0) is 15.7. The third-order valence-corrected chi connectivity index (χ3v) is 1.46. The molecule has 0 saturated heterocycles. The molecule has 104 valence electrons. The summed E-state index contributed by atoms with van der Waals surface area (Å²) in [5, 5.41) is 8.85. The van der Waals surface area contributed by atoms with Gasteiger partial charge >= 0.3 is 0 Å². The summed E-state index contributed by atoms with van der Waals surface area (Å²) >= 11 is 3.53. The maximum absolute atomic E-state index is 8.85. The van der Waals surface area contributed by atoms with E-state index in [0.29, 0.717) is 5.56 Å². The molecule has 2 heteroatoms. The second kappa shape index (κ2) is 18.5. The molecule has 1 aromatic carbocycles. The Labute approximate surface area is 123 Å². The van der Waals surface area contributed by atoms with Crippen LogP contribution >= 0.6 is 12.6 Å². The minimum atomic E-state index is 0.213. The van der Waals surface area contributed by atoms with E-state index in [4.69, 9.17) is 11.5 Å². The van der Waals surface area contributed by atoms with Gasteiger partial charge in [0.1, 0.15) is 5.75 Å². The van der Waals surface area contributed by atoms with Crippen molar-refractivity contribution in [3.05, 3.63) is 67.3 Å². The molecule has 0 heterocycles. The fourth-order valence-corrected chi connectivity index (χ4v) is 0.831. The first kappa shape index (κ1) is 22.3. The first-order valence-electron chi connectivity index (χ1n) is 5.56. The van der Waals surface area contributed by atoms with Gasteiger partial charge in [0.2, 0.25) is 0 Å². The molecule has 1 rings (SSSR count). The van der Waals surface area contributed by atoms with Gasteiger partial charge in [-0.2, -0.15) is 12.6 Å². The predicted molar refractivity (Wildman–Crippen MR) is 91.8 cm³/mol. The number of hydrogen-bond donors (Lipinski definition) is 2. The summed E-state index contributed by atoms with van der Waals surface area (Å²) in [6.07, 6.45) is 10.5. The van der Waals surface area contributed by atoms with Gasteiger partial charge in [-0.15, -0.1) is 19.6 Å². The van der Waals surface area contributed by atoms with Crippen molar-refractivity contribution >= 4 is 12.6 Å². The van der Waals surface area contributed by atoms with Crippen LogP contribution in [0.5, 0.6) is 5.75 Å². The SMILES string of the molecule is C#Cc1cccc(O)c1.C=C.C=CC=C(C)C.CS. The highest BCUT2D eigenvalue weighted by Gasteiger charge is 1.86. The molecule has 1 nitrogen and oxygen atoms in total. The zero-order valence-corrected chi connectivity index (χ0v) is 13.0. The summed E-state index contributed by atoms with van der Waals surface area (Å²) in [7, 11) is 0. The standard InChI is InChI=1S/C8H6O.C6H10.C2H4.CH4S/c1-2-7-4-3-5-8(9)6-7;1-4-5-6(2)3;2*1-2/h1,3-6,9H;4-5H,1H2,2-3H3;1-2H2;2H,1H3. The highest BCUT2D eigenvalue weighted by molar-refractivity contribution is 7.79. The lowest BCUT2D eigenvalue weighted by Gasteiger charge is -1.89. The molecule has 19 heavy (non-hydrogen) atoms. The van der Waals surface area contributed by atoms with Crippen LogP contribution in [0.3, 0.4) is 0 Å². The number of aromatic hydroxyl groups is 1. The molecule has 1 N–H and O–H groups in total. The zero-order valence-electron chi connectivity index (χ0n) is 12.1. The monoisotopic (exact) mass is 276 g/mol. The molecule has 0 fully saturated rings. The van der Waals surface area contributed by atoms with Crippen molar-refractivity contribution in [1.29, 1.82) is 0 Å². The average Bonchev–Trinajstić information content (AvgIpc) is 2.44. The van der Waals surface area contributed by atoms with Crippen LogP contribution in [0, 0.1) is 12.3 Å². The fourth-order valence-electron chi connectivity index (χ4n) is 0.831. The molecule has 0 aliphatic carbocycles. The lowest BCUT2D eigenvalue weighted by atomic mass is 10.2. The molecule has 1 aromatic rings. The molecule has 0 unspecified atom stereocenters. The maximum atomic E-state index is 8.85. The number of terminal acetylenes is 1. The number of thiol groups is 1. The largest absolute Gasteiger partial charge is 0.508 e. The van der Waals surface area contributed by atoms with E-state index in [9.17, 15) is 0 Å². The van der Waals surface area contributed by atoms with Crippen LogP contribution in [0.2, 0.25) is 0 Å². The first-order valence-corrected chi connectivity index (χ1v) is 6.46. The van der Waals surface area contributed by atoms with Crippen molar-refractivity contribution < 1.29 is 5.11 Å². The van der Waals surface area contributed by atoms with Crippen LogP contribution in [0.4, 0.5) is 0 Å². The topological polar surface area (TPSA) is 20.2 Å². The minimum absolute atomic E-state index is 0.213. The van der Waals surface area contributed by atoms with Crippen molar-refractivity contribution in [3.63, 3.8) is 0 Å². The van der Waals surface area contributed by atoms with Crippen LogP contribution in [-0.4, -0.2) is 11.4 Å². The molecule has 0 atom stereocenters. The number of phenolic OH excluding ortho intramolecular Hbond substituents is 1. The van der Waals surface area contributed by atoms with Crippen LogP contribution < -0.4 is 0 Å². The van der Waals surface area contributed by atoms with Crippen LogP contribution in [0.1, 0.15) is 19.4 Å². The van der Waals surface area contributed by atoms with E-state index in [-0.39, 0.29) is 5.75 Å². The van der Waals surface area contributed by atoms with Gasteiger partial charge in [0, 0.05) is 5.56 Å². The number of hydrogen-bond acceptors (Lipinski definition) is 2. The van der Waals surface area contributed by atoms with E-state index in [2.05, 4.69) is 38.3 Å². The Bertz CT molecular complexity index is 396. The molecule has 0 amide bonds. The van der Waals surface area contributed by atoms with Crippen LogP contribution in [0.25, 0.3) is 0 Å². The van der Waals surface area contributed by atoms with E-state index < -0.39 is 0 Å². The maximum Gasteiger partial charge on any atom is 0.116 e. The van der Waals surface area contributed by atoms with Gasteiger partial charge in [-0.1, -0.05) is 36.3 Å². The van der Waals surface area contributed by atoms with E-state index in [0.717, 1.165) is 0 Å². The molecule has 0 saturated carbocycles. The highest BCUT2D eigenvalue weighted by Crippen LogP contribution is 2.08. The van der Waals surface area contributed by atoms with E-state index in [1.807, 2.05) is 19.9 Å². The first-order chi connectivity index (χ1) is 9.10. The van der Waals surface area contributed by atoms with Gasteiger partial charge < -0.3 is 5.11 Å². The molecule has 0 aromatic heterocycles. The van der Waals surface area contributed by atoms with Crippen molar-refractivity contribution in [3.8, 4) is 18.1 Å². The van der Waals surface area contributed by atoms with E-state index in [1.165, 1.54) is 5.57 Å². The molecule has 0 radical (unpaired) electrons. The predicted octanol–water partition coefficient (Wildman–Crippen LogP) is 4.86. The number of rotatable bonds is 1.